The molecule has 1 aromatic carbocycles. The molecule has 0 amide bonds. The monoisotopic (exact) mass is 325 g/mol. The van der Waals surface area contributed by atoms with Gasteiger partial charge in [0.2, 0.25) is 5.13 Å². The number of nitrogens with one attached hydrogen (secondary N) is 1. The molecule has 2 rings (SSSR count). The molecule has 1 N–H and O–H groups in total. The van der Waals surface area contributed by atoms with Crippen LogP contribution in [0.1, 0.15) is 25.2 Å². The summed E-state index contributed by atoms with van der Waals surface area (Å²) in [6.45, 7) is 5.29. The number of aromatic nitrogens is 2. The summed E-state index contributed by atoms with van der Waals surface area (Å²) in [5.41, 5.74) is 1.23. The number of anilines is 1. The van der Waals surface area contributed by atoms with Crippen molar-refractivity contribution in [2.45, 2.75) is 20.3 Å². The van der Waals surface area contributed by atoms with Crippen molar-refractivity contribution in [2.24, 2.45) is 5.92 Å². The van der Waals surface area contributed by atoms with E-state index in [0.29, 0.717) is 5.92 Å². The van der Waals surface area contributed by atoms with Crippen molar-refractivity contribution in [3.8, 4) is 0 Å². The third kappa shape index (κ3) is 4.07. The molecular weight excluding hydrogens is 310 g/mol. The SMILES string of the molecule is CC(C)CNc1nc(Cc2ccc(Br)cc2)ns1. The first-order chi connectivity index (χ1) is 8.63. The van der Waals surface area contributed by atoms with Crippen LogP contribution in [0.4, 0.5) is 5.13 Å². The fraction of sp³-hybridized carbons (Fsp3) is 0.385. The second-order valence-electron chi connectivity index (χ2n) is 4.59. The highest BCUT2D eigenvalue weighted by molar-refractivity contribution is 9.10. The van der Waals surface area contributed by atoms with Gasteiger partial charge in [0.1, 0.15) is 5.82 Å². The Balaban J connectivity index is 1.95. The van der Waals surface area contributed by atoms with Gasteiger partial charge in [-0.05, 0) is 23.6 Å². The van der Waals surface area contributed by atoms with Gasteiger partial charge in [-0.25, -0.2) is 4.98 Å². The van der Waals surface area contributed by atoms with E-state index in [1.54, 1.807) is 0 Å². The molecule has 5 heteroatoms. The van der Waals surface area contributed by atoms with Crippen LogP contribution in [-0.2, 0) is 6.42 Å². The van der Waals surface area contributed by atoms with Gasteiger partial charge >= 0.3 is 0 Å². The van der Waals surface area contributed by atoms with E-state index in [1.165, 1.54) is 17.1 Å². The summed E-state index contributed by atoms with van der Waals surface area (Å²) in [5.74, 6) is 1.50. The van der Waals surface area contributed by atoms with Crippen molar-refractivity contribution in [2.75, 3.05) is 11.9 Å². The minimum atomic E-state index is 0.615. The molecule has 0 atom stereocenters. The van der Waals surface area contributed by atoms with Gasteiger partial charge in [0.25, 0.3) is 0 Å². The van der Waals surface area contributed by atoms with E-state index in [1.807, 2.05) is 12.1 Å². The number of rotatable bonds is 5. The second-order valence-corrected chi connectivity index (χ2v) is 6.26. The van der Waals surface area contributed by atoms with Crippen molar-refractivity contribution in [3.05, 3.63) is 40.1 Å². The van der Waals surface area contributed by atoms with Gasteiger partial charge in [0.15, 0.2) is 0 Å². The maximum atomic E-state index is 4.48. The molecular formula is C13H16BrN3S. The lowest BCUT2D eigenvalue weighted by Gasteiger charge is -2.03. The molecule has 2 aromatic rings. The van der Waals surface area contributed by atoms with E-state index >= 15 is 0 Å². The summed E-state index contributed by atoms with van der Waals surface area (Å²) < 4.78 is 5.46. The van der Waals surface area contributed by atoms with Crippen LogP contribution in [0.3, 0.4) is 0 Å². The molecule has 0 aliphatic carbocycles. The maximum absolute atomic E-state index is 4.48. The number of hydrogen-bond acceptors (Lipinski definition) is 4. The van der Waals surface area contributed by atoms with Crippen molar-refractivity contribution < 1.29 is 0 Å². The van der Waals surface area contributed by atoms with E-state index in [0.717, 1.165) is 28.4 Å². The Kier molecular flexibility index (Phi) is 4.72. The van der Waals surface area contributed by atoms with Gasteiger partial charge in [0.05, 0.1) is 0 Å². The molecule has 0 spiro atoms. The molecule has 1 heterocycles. The van der Waals surface area contributed by atoms with Gasteiger partial charge < -0.3 is 5.32 Å². The first kappa shape index (κ1) is 13.5. The lowest BCUT2D eigenvalue weighted by molar-refractivity contribution is 0.688. The number of nitrogens with zero attached hydrogens (tertiary/aromatic N) is 2. The first-order valence-electron chi connectivity index (χ1n) is 5.94. The molecule has 0 saturated carbocycles. The fourth-order valence-corrected chi connectivity index (χ4v) is 2.33. The largest absolute Gasteiger partial charge is 0.360 e. The van der Waals surface area contributed by atoms with Gasteiger partial charge in [0, 0.05) is 29.0 Å². The summed E-state index contributed by atoms with van der Waals surface area (Å²) in [6, 6.07) is 8.26. The van der Waals surface area contributed by atoms with Crippen LogP contribution in [0, 0.1) is 5.92 Å². The number of benzene rings is 1. The van der Waals surface area contributed by atoms with Gasteiger partial charge in [-0.15, -0.1) is 0 Å². The zero-order valence-electron chi connectivity index (χ0n) is 10.5. The number of halogens is 1. The van der Waals surface area contributed by atoms with E-state index in [-0.39, 0.29) is 0 Å². The van der Waals surface area contributed by atoms with E-state index < -0.39 is 0 Å². The minimum Gasteiger partial charge on any atom is -0.360 e. The van der Waals surface area contributed by atoms with Gasteiger partial charge in [-0.3, -0.25) is 0 Å². The average Bonchev–Trinajstić information content (AvgIpc) is 2.77. The Morgan fingerprint density at radius 3 is 2.67 bits per heavy atom. The standard InChI is InChI=1S/C13H16BrN3S/c1-9(2)8-15-13-16-12(17-18-13)7-10-3-5-11(14)6-4-10/h3-6,9H,7-8H2,1-2H3,(H,15,16,17). The Morgan fingerprint density at radius 1 is 1.28 bits per heavy atom. The van der Waals surface area contributed by atoms with Crippen molar-refractivity contribution >= 4 is 32.6 Å². The van der Waals surface area contributed by atoms with Crippen LogP contribution in [0.5, 0.6) is 0 Å². The molecule has 0 saturated heterocycles. The summed E-state index contributed by atoms with van der Waals surface area (Å²) in [4.78, 5) is 4.48. The van der Waals surface area contributed by atoms with Gasteiger partial charge in [-0.2, -0.15) is 4.37 Å². The molecule has 1 aromatic heterocycles. The zero-order chi connectivity index (χ0) is 13.0. The molecule has 18 heavy (non-hydrogen) atoms. The smallest absolute Gasteiger partial charge is 0.202 e. The highest BCUT2D eigenvalue weighted by Gasteiger charge is 2.05. The Labute approximate surface area is 120 Å². The fourth-order valence-electron chi connectivity index (χ4n) is 1.47. The maximum Gasteiger partial charge on any atom is 0.202 e. The highest BCUT2D eigenvalue weighted by atomic mass is 79.9. The Morgan fingerprint density at radius 2 is 2.00 bits per heavy atom. The quantitative estimate of drug-likeness (QED) is 0.904. The third-order valence-electron chi connectivity index (χ3n) is 2.41. The minimum absolute atomic E-state index is 0.615. The van der Waals surface area contributed by atoms with E-state index in [2.05, 4.69) is 56.6 Å². The molecule has 0 aliphatic heterocycles. The van der Waals surface area contributed by atoms with E-state index in [4.69, 9.17) is 0 Å². The van der Waals surface area contributed by atoms with Crippen LogP contribution in [-0.4, -0.2) is 15.9 Å². The van der Waals surface area contributed by atoms with Crippen LogP contribution in [0.25, 0.3) is 0 Å². The molecule has 0 fully saturated rings. The van der Waals surface area contributed by atoms with Crippen molar-refractivity contribution in [3.63, 3.8) is 0 Å². The topological polar surface area (TPSA) is 37.8 Å². The zero-order valence-corrected chi connectivity index (χ0v) is 12.9. The second kappa shape index (κ2) is 6.29. The summed E-state index contributed by atoms with van der Waals surface area (Å²) in [6.07, 6.45) is 0.785. The van der Waals surface area contributed by atoms with Crippen LogP contribution in [0.2, 0.25) is 0 Å². The first-order valence-corrected chi connectivity index (χ1v) is 7.51. The summed E-state index contributed by atoms with van der Waals surface area (Å²) in [7, 11) is 0. The van der Waals surface area contributed by atoms with Crippen molar-refractivity contribution in [1.82, 2.24) is 9.36 Å². The molecule has 0 unspecified atom stereocenters. The van der Waals surface area contributed by atoms with E-state index in [9.17, 15) is 0 Å². The average molecular weight is 326 g/mol. The molecule has 3 nitrogen and oxygen atoms in total. The Hall–Kier alpha value is -0.940. The van der Waals surface area contributed by atoms with Crippen LogP contribution >= 0.6 is 27.5 Å². The molecule has 0 bridgehead atoms. The predicted octanol–water partition coefficient (Wildman–Crippen LogP) is 3.96. The van der Waals surface area contributed by atoms with Gasteiger partial charge in [-0.1, -0.05) is 41.9 Å². The highest BCUT2D eigenvalue weighted by Crippen LogP contribution is 2.16. The van der Waals surface area contributed by atoms with Crippen LogP contribution in [0.15, 0.2) is 28.7 Å². The normalized spacial score (nSPS) is 10.9. The molecule has 96 valence electrons. The lowest BCUT2D eigenvalue weighted by atomic mass is 10.1. The lowest BCUT2D eigenvalue weighted by Crippen LogP contribution is -2.07. The number of hydrogen-bond donors (Lipinski definition) is 1. The Bertz CT molecular complexity index is 493. The molecule has 0 aliphatic rings. The third-order valence-corrected chi connectivity index (χ3v) is 3.64. The van der Waals surface area contributed by atoms with Crippen LogP contribution < -0.4 is 5.32 Å². The predicted molar refractivity (Wildman–Crippen MR) is 80.2 cm³/mol. The molecule has 0 radical (unpaired) electrons. The summed E-state index contributed by atoms with van der Waals surface area (Å²) >= 11 is 4.86. The summed E-state index contributed by atoms with van der Waals surface area (Å²) in [5, 5.41) is 4.21. The van der Waals surface area contributed by atoms with Crippen molar-refractivity contribution in [1.29, 1.82) is 0 Å².